The first-order valence-electron chi connectivity index (χ1n) is 5.26. The molecule has 0 radical (unpaired) electrons. The highest BCUT2D eigenvalue weighted by Crippen LogP contribution is 2.08. The number of rotatable bonds is 5. The molecule has 0 saturated heterocycles. The molecule has 0 aromatic carbocycles. The van der Waals surface area contributed by atoms with Gasteiger partial charge in [-0.1, -0.05) is 6.07 Å². The van der Waals surface area contributed by atoms with Gasteiger partial charge in [-0.05, 0) is 30.2 Å². The number of nitrogens with two attached hydrogens (primary N) is 1. The summed E-state index contributed by atoms with van der Waals surface area (Å²) < 4.78 is 5.29. The Morgan fingerprint density at radius 3 is 2.88 bits per heavy atom. The van der Waals surface area contributed by atoms with Crippen LogP contribution in [0.3, 0.4) is 0 Å². The molecule has 0 bridgehead atoms. The van der Waals surface area contributed by atoms with Gasteiger partial charge in [0.05, 0.1) is 6.26 Å². The van der Waals surface area contributed by atoms with Gasteiger partial charge in [0.2, 0.25) is 0 Å². The van der Waals surface area contributed by atoms with E-state index >= 15 is 0 Å². The minimum atomic E-state index is 0.162. The first-order chi connectivity index (χ1) is 7.88. The predicted octanol–water partition coefficient (Wildman–Crippen LogP) is 1.29. The van der Waals surface area contributed by atoms with Crippen LogP contribution in [0.1, 0.15) is 11.3 Å². The number of hydrogen-bond acceptors (Lipinski definition) is 4. The Bertz CT molecular complexity index is 399. The molecule has 1 atom stereocenters. The Labute approximate surface area is 94.5 Å². The van der Waals surface area contributed by atoms with E-state index in [0.717, 1.165) is 24.2 Å². The second-order valence-corrected chi connectivity index (χ2v) is 3.71. The van der Waals surface area contributed by atoms with Gasteiger partial charge in [0.25, 0.3) is 0 Å². The molecule has 0 aliphatic carbocycles. The van der Waals surface area contributed by atoms with Crippen LogP contribution in [0.5, 0.6) is 0 Å². The normalized spacial score (nSPS) is 12.6. The van der Waals surface area contributed by atoms with Crippen LogP contribution >= 0.6 is 0 Å². The van der Waals surface area contributed by atoms with Crippen molar-refractivity contribution in [2.24, 2.45) is 5.84 Å². The summed E-state index contributed by atoms with van der Waals surface area (Å²) >= 11 is 0. The number of furan rings is 1. The first-order valence-corrected chi connectivity index (χ1v) is 5.26. The quantitative estimate of drug-likeness (QED) is 0.585. The fourth-order valence-corrected chi connectivity index (χ4v) is 1.66. The average molecular weight is 217 g/mol. The molecule has 2 aromatic heterocycles. The minimum absolute atomic E-state index is 0.162. The number of nitrogens with one attached hydrogen (secondary N) is 1. The van der Waals surface area contributed by atoms with E-state index < -0.39 is 0 Å². The zero-order valence-electron chi connectivity index (χ0n) is 8.97. The van der Waals surface area contributed by atoms with Gasteiger partial charge in [-0.3, -0.25) is 16.3 Å². The molecule has 0 amide bonds. The van der Waals surface area contributed by atoms with Gasteiger partial charge in [0, 0.05) is 24.9 Å². The molecular formula is C12H15N3O. The molecule has 1 unspecified atom stereocenters. The summed E-state index contributed by atoms with van der Waals surface area (Å²) in [6.45, 7) is 0. The van der Waals surface area contributed by atoms with Gasteiger partial charge in [0.1, 0.15) is 5.76 Å². The second-order valence-electron chi connectivity index (χ2n) is 3.71. The van der Waals surface area contributed by atoms with E-state index in [1.54, 1.807) is 12.5 Å². The van der Waals surface area contributed by atoms with Crippen LogP contribution in [-0.4, -0.2) is 11.0 Å². The monoisotopic (exact) mass is 217 g/mol. The molecule has 3 N–H and O–H groups in total. The summed E-state index contributed by atoms with van der Waals surface area (Å²) in [5.41, 5.74) is 3.96. The molecule has 4 nitrogen and oxygen atoms in total. The van der Waals surface area contributed by atoms with Crippen LogP contribution in [0.2, 0.25) is 0 Å². The second kappa shape index (κ2) is 5.44. The number of hydrogen-bond donors (Lipinski definition) is 2. The molecule has 0 aliphatic rings. The van der Waals surface area contributed by atoms with Crippen LogP contribution in [0.15, 0.2) is 47.3 Å². The van der Waals surface area contributed by atoms with Gasteiger partial charge < -0.3 is 4.42 Å². The summed E-state index contributed by atoms with van der Waals surface area (Å²) in [5.74, 6) is 6.46. The molecule has 0 fully saturated rings. The van der Waals surface area contributed by atoms with E-state index in [4.69, 9.17) is 10.3 Å². The largest absolute Gasteiger partial charge is 0.469 e. The molecule has 2 aromatic rings. The third kappa shape index (κ3) is 2.92. The van der Waals surface area contributed by atoms with E-state index in [9.17, 15) is 0 Å². The van der Waals surface area contributed by atoms with Crippen molar-refractivity contribution >= 4 is 0 Å². The Morgan fingerprint density at radius 1 is 1.31 bits per heavy atom. The minimum Gasteiger partial charge on any atom is -0.469 e. The van der Waals surface area contributed by atoms with Crippen molar-refractivity contribution in [3.8, 4) is 0 Å². The Hall–Kier alpha value is -1.65. The molecule has 84 valence electrons. The molecule has 4 heteroatoms. The fourth-order valence-electron chi connectivity index (χ4n) is 1.66. The summed E-state index contributed by atoms with van der Waals surface area (Å²) in [4.78, 5) is 4.08. The van der Waals surface area contributed by atoms with Gasteiger partial charge in [0.15, 0.2) is 0 Å². The summed E-state index contributed by atoms with van der Waals surface area (Å²) in [7, 11) is 0. The Morgan fingerprint density at radius 2 is 2.25 bits per heavy atom. The standard InChI is InChI=1S/C12H15N3O/c13-15-11(8-12-4-2-6-16-12)7-10-3-1-5-14-9-10/h1-6,9,11,15H,7-8,13H2. The summed E-state index contributed by atoms with van der Waals surface area (Å²) in [6.07, 6.45) is 6.91. The van der Waals surface area contributed by atoms with Gasteiger partial charge >= 0.3 is 0 Å². The number of pyridine rings is 1. The lowest BCUT2D eigenvalue weighted by atomic mass is 10.0. The van der Waals surface area contributed by atoms with E-state index in [0.29, 0.717) is 0 Å². The highest BCUT2D eigenvalue weighted by Gasteiger charge is 2.10. The highest BCUT2D eigenvalue weighted by atomic mass is 16.3. The highest BCUT2D eigenvalue weighted by molar-refractivity contribution is 5.11. The van der Waals surface area contributed by atoms with Gasteiger partial charge in [-0.25, -0.2) is 0 Å². The summed E-state index contributed by atoms with van der Waals surface area (Å²) in [6, 6.07) is 7.96. The van der Waals surface area contributed by atoms with Crippen molar-refractivity contribution in [3.63, 3.8) is 0 Å². The molecule has 0 aliphatic heterocycles. The van der Waals surface area contributed by atoms with E-state index in [1.165, 1.54) is 0 Å². The maximum Gasteiger partial charge on any atom is 0.105 e. The van der Waals surface area contributed by atoms with Crippen molar-refractivity contribution in [1.29, 1.82) is 0 Å². The van der Waals surface area contributed by atoms with Crippen LogP contribution in [0.4, 0.5) is 0 Å². The van der Waals surface area contributed by atoms with Crippen molar-refractivity contribution in [3.05, 3.63) is 54.2 Å². The lowest BCUT2D eigenvalue weighted by Crippen LogP contribution is -2.38. The van der Waals surface area contributed by atoms with Crippen LogP contribution in [-0.2, 0) is 12.8 Å². The maximum atomic E-state index is 5.53. The lowest BCUT2D eigenvalue weighted by Gasteiger charge is -2.14. The van der Waals surface area contributed by atoms with Crippen molar-refractivity contribution in [2.45, 2.75) is 18.9 Å². The third-order valence-corrected chi connectivity index (χ3v) is 2.47. The van der Waals surface area contributed by atoms with Crippen LogP contribution in [0.25, 0.3) is 0 Å². The SMILES string of the molecule is NNC(Cc1cccnc1)Cc1ccco1. The van der Waals surface area contributed by atoms with Crippen molar-refractivity contribution in [1.82, 2.24) is 10.4 Å². The molecular weight excluding hydrogens is 202 g/mol. The van der Waals surface area contributed by atoms with Crippen molar-refractivity contribution < 1.29 is 4.42 Å². The molecule has 2 heterocycles. The predicted molar refractivity (Wildman–Crippen MR) is 61.5 cm³/mol. The van der Waals surface area contributed by atoms with Crippen LogP contribution in [0, 0.1) is 0 Å². The van der Waals surface area contributed by atoms with E-state index in [-0.39, 0.29) is 6.04 Å². The lowest BCUT2D eigenvalue weighted by molar-refractivity contribution is 0.444. The van der Waals surface area contributed by atoms with Gasteiger partial charge in [-0.2, -0.15) is 0 Å². The number of nitrogens with zero attached hydrogens (tertiary/aromatic N) is 1. The maximum absolute atomic E-state index is 5.53. The summed E-state index contributed by atoms with van der Waals surface area (Å²) in [5, 5.41) is 0. The van der Waals surface area contributed by atoms with E-state index in [1.807, 2.05) is 30.5 Å². The zero-order chi connectivity index (χ0) is 11.2. The number of aromatic nitrogens is 1. The first kappa shape index (κ1) is 10.9. The Kier molecular flexibility index (Phi) is 3.69. The molecule has 16 heavy (non-hydrogen) atoms. The van der Waals surface area contributed by atoms with E-state index in [2.05, 4.69) is 10.4 Å². The van der Waals surface area contributed by atoms with Crippen LogP contribution < -0.4 is 11.3 Å². The third-order valence-electron chi connectivity index (χ3n) is 2.47. The molecule has 2 rings (SSSR count). The number of hydrazine groups is 1. The smallest absolute Gasteiger partial charge is 0.105 e. The molecule has 0 spiro atoms. The van der Waals surface area contributed by atoms with Gasteiger partial charge in [-0.15, -0.1) is 0 Å². The topological polar surface area (TPSA) is 64.1 Å². The Balaban J connectivity index is 1.96. The van der Waals surface area contributed by atoms with Crippen molar-refractivity contribution in [2.75, 3.05) is 0 Å². The fraction of sp³-hybridized carbons (Fsp3) is 0.250. The zero-order valence-corrected chi connectivity index (χ0v) is 8.97. The average Bonchev–Trinajstić information content (AvgIpc) is 2.82. The molecule has 0 saturated carbocycles.